The van der Waals surface area contributed by atoms with Crippen LogP contribution in [0.15, 0.2) is 143 Å². The second kappa shape index (κ2) is 15.3. The quantitative estimate of drug-likeness (QED) is 0.112. The monoisotopic (exact) mass is 832 g/mol. The predicted molar refractivity (Wildman–Crippen MR) is 232 cm³/mol. The van der Waals surface area contributed by atoms with E-state index in [0.717, 1.165) is 21.6 Å². The van der Waals surface area contributed by atoms with Crippen molar-refractivity contribution in [3.8, 4) is 23.0 Å². The van der Waals surface area contributed by atoms with Crippen LogP contribution in [-0.4, -0.2) is 42.5 Å². The normalized spacial score (nSPS) is 14.1. The van der Waals surface area contributed by atoms with Crippen molar-refractivity contribution in [3.05, 3.63) is 172 Å². The maximum absolute atomic E-state index is 13.6. The molecule has 2 aliphatic heterocycles. The summed E-state index contributed by atoms with van der Waals surface area (Å²) in [5.41, 5.74) is 3.43. The van der Waals surface area contributed by atoms with Crippen LogP contribution in [0.2, 0.25) is 0 Å². The van der Waals surface area contributed by atoms with E-state index in [0.29, 0.717) is 47.0 Å². The number of nitrogens with zero attached hydrogens (tertiary/aromatic N) is 2. The molecule has 6 aromatic carbocycles. The number of hydrogen-bond acceptors (Lipinski definition) is 8. The molecule has 0 unspecified atom stereocenters. The summed E-state index contributed by atoms with van der Waals surface area (Å²) in [4.78, 5) is 56.1. The number of fused-ring (bicyclic) bond motifs is 2. The van der Waals surface area contributed by atoms with Gasteiger partial charge in [-0.25, -0.2) is 13.3 Å². The largest absolute Gasteiger partial charge is 0.457 e. The van der Waals surface area contributed by atoms with Crippen molar-refractivity contribution in [1.82, 2.24) is 4.90 Å². The molecule has 0 spiro atoms. The summed E-state index contributed by atoms with van der Waals surface area (Å²) in [6.45, 7) is 12.0. The Morgan fingerprint density at radius 3 is 1.36 bits per heavy atom. The lowest BCUT2D eigenvalue weighted by molar-refractivity contribution is 0.0434. The number of aryl methyl sites for hydroxylation is 1. The van der Waals surface area contributed by atoms with Crippen LogP contribution in [0.3, 0.4) is 0 Å². The fourth-order valence-corrected chi connectivity index (χ4v) is 9.06. The Kier molecular flexibility index (Phi) is 10.3. The van der Waals surface area contributed by atoms with Crippen molar-refractivity contribution >= 4 is 39.2 Å². The lowest BCUT2D eigenvalue weighted by Crippen LogP contribution is -2.48. The molecule has 6 aromatic rings. The summed E-state index contributed by atoms with van der Waals surface area (Å²) in [5, 5.41) is 0. The smallest absolute Gasteiger partial charge is 0.266 e. The molecule has 0 aliphatic carbocycles. The van der Waals surface area contributed by atoms with Gasteiger partial charge in [-0.3, -0.25) is 24.1 Å². The SMILES string of the molecule is CCC(C)(CC)N1C(=O)c2ccc(Oc3ccc(C(C)(C)c4ccc(Oc5ccc6c(c5)C(=O)N(c5ccc(S(=O)(=O)c7ccc(C)cc7)cc5)C6=O)cc4)cc3)cc2C1=O. The highest BCUT2D eigenvalue weighted by Crippen LogP contribution is 2.39. The van der Waals surface area contributed by atoms with Crippen molar-refractivity contribution in [1.29, 1.82) is 0 Å². The Labute approximate surface area is 355 Å². The second-order valence-electron chi connectivity index (χ2n) is 16.2. The molecule has 0 saturated carbocycles. The minimum atomic E-state index is -3.78. The van der Waals surface area contributed by atoms with Crippen LogP contribution in [0.1, 0.15) is 106 Å². The maximum Gasteiger partial charge on any atom is 0.266 e. The van der Waals surface area contributed by atoms with E-state index in [1.54, 1.807) is 54.6 Å². The number of amides is 4. The Morgan fingerprint density at radius 2 is 0.885 bits per heavy atom. The van der Waals surface area contributed by atoms with Crippen LogP contribution in [-0.2, 0) is 15.3 Å². The highest BCUT2D eigenvalue weighted by molar-refractivity contribution is 7.91. The summed E-state index contributed by atoms with van der Waals surface area (Å²) in [5.74, 6) is 0.346. The predicted octanol–water partition coefficient (Wildman–Crippen LogP) is 10.7. The van der Waals surface area contributed by atoms with Gasteiger partial charge in [-0.1, -0.05) is 69.7 Å². The van der Waals surface area contributed by atoms with Gasteiger partial charge in [0.15, 0.2) is 0 Å². The molecule has 8 rings (SSSR count). The first-order valence-corrected chi connectivity index (χ1v) is 21.6. The first kappa shape index (κ1) is 40.9. The van der Waals surface area contributed by atoms with Gasteiger partial charge in [0.05, 0.1) is 37.7 Å². The molecule has 0 aromatic heterocycles. The summed E-state index contributed by atoms with van der Waals surface area (Å²) < 4.78 is 38.6. The van der Waals surface area contributed by atoms with E-state index in [9.17, 15) is 27.6 Å². The lowest BCUT2D eigenvalue weighted by atomic mass is 9.78. The van der Waals surface area contributed by atoms with Gasteiger partial charge in [-0.2, -0.15) is 0 Å². The van der Waals surface area contributed by atoms with E-state index in [1.807, 2.05) is 76.2 Å². The Balaban J connectivity index is 0.921. The topological polar surface area (TPSA) is 127 Å². The number of ether oxygens (including phenoxy) is 2. The number of carbonyl (C=O) groups excluding carboxylic acids is 4. The van der Waals surface area contributed by atoms with Crippen molar-refractivity contribution in [3.63, 3.8) is 0 Å². The van der Waals surface area contributed by atoms with Crippen molar-refractivity contribution in [2.24, 2.45) is 0 Å². The summed E-state index contributed by atoms with van der Waals surface area (Å²) >= 11 is 0. The minimum absolute atomic E-state index is 0.0517. The highest BCUT2D eigenvalue weighted by atomic mass is 32.2. The second-order valence-corrected chi connectivity index (χ2v) is 18.1. The van der Waals surface area contributed by atoms with Crippen LogP contribution >= 0.6 is 0 Å². The fraction of sp³-hybridized carbons (Fsp3) is 0.200. The number of benzene rings is 6. The molecule has 0 radical (unpaired) electrons. The minimum Gasteiger partial charge on any atom is -0.457 e. The van der Waals surface area contributed by atoms with Crippen LogP contribution in [0, 0.1) is 6.92 Å². The van der Waals surface area contributed by atoms with Crippen LogP contribution in [0.25, 0.3) is 0 Å². The van der Waals surface area contributed by atoms with Crippen molar-refractivity contribution in [2.45, 2.75) is 75.1 Å². The maximum atomic E-state index is 13.6. The molecule has 61 heavy (non-hydrogen) atoms. The molecule has 0 bridgehead atoms. The molecule has 308 valence electrons. The van der Waals surface area contributed by atoms with E-state index in [-0.39, 0.29) is 38.4 Å². The number of sulfone groups is 1. The summed E-state index contributed by atoms with van der Waals surface area (Å²) in [7, 11) is -3.78. The lowest BCUT2D eigenvalue weighted by Gasteiger charge is -2.35. The van der Waals surface area contributed by atoms with Crippen molar-refractivity contribution in [2.75, 3.05) is 4.90 Å². The molecular formula is C50H44N2O8S. The summed E-state index contributed by atoms with van der Waals surface area (Å²) in [6, 6.07) is 37.4. The zero-order valence-corrected chi connectivity index (χ0v) is 35.5. The van der Waals surface area contributed by atoms with E-state index in [4.69, 9.17) is 9.47 Å². The van der Waals surface area contributed by atoms with Gasteiger partial charge in [0, 0.05) is 11.0 Å². The third-order valence-corrected chi connectivity index (χ3v) is 13.9. The standard InChI is InChI=1S/C50H44N2O8S/c1-7-50(6,8-2)52-47(55)42-28-22-38(30-44(42)48(52)56)60-36-19-13-33(14-20-36)49(4,5)32-11-17-35(18-12-32)59-37-21-27-41-43(29-37)46(54)51(45(41)53)34-15-25-40(26-16-34)61(57,58)39-23-9-31(3)10-24-39/h9-30H,7-8H2,1-6H3. The average Bonchev–Trinajstić information content (AvgIpc) is 3.66. The van der Waals surface area contributed by atoms with Gasteiger partial charge >= 0.3 is 0 Å². The summed E-state index contributed by atoms with van der Waals surface area (Å²) in [6.07, 6.45) is 1.32. The molecule has 0 atom stereocenters. The molecule has 2 aliphatic rings. The zero-order chi connectivity index (χ0) is 43.4. The molecule has 0 fully saturated rings. The fourth-order valence-electron chi connectivity index (χ4n) is 7.80. The van der Waals surface area contributed by atoms with Gasteiger partial charge in [-0.15, -0.1) is 0 Å². The number of imide groups is 2. The van der Waals surface area contributed by atoms with E-state index >= 15 is 0 Å². The number of hydrogen-bond donors (Lipinski definition) is 0. The van der Waals surface area contributed by atoms with Gasteiger partial charge in [0.1, 0.15) is 23.0 Å². The van der Waals surface area contributed by atoms with Gasteiger partial charge in [-0.05, 0) is 135 Å². The first-order chi connectivity index (χ1) is 29.0. The first-order valence-electron chi connectivity index (χ1n) is 20.1. The molecule has 4 amide bonds. The van der Waals surface area contributed by atoms with E-state index < -0.39 is 32.6 Å². The molecule has 11 heteroatoms. The molecule has 0 saturated heterocycles. The van der Waals surface area contributed by atoms with E-state index in [2.05, 4.69) is 13.8 Å². The van der Waals surface area contributed by atoms with Gasteiger partial charge < -0.3 is 9.47 Å². The van der Waals surface area contributed by atoms with E-state index in [1.165, 1.54) is 35.2 Å². The van der Waals surface area contributed by atoms with Gasteiger partial charge in [0.25, 0.3) is 23.6 Å². The van der Waals surface area contributed by atoms with Crippen LogP contribution in [0.4, 0.5) is 5.69 Å². The highest BCUT2D eigenvalue weighted by Gasteiger charge is 2.45. The zero-order valence-electron chi connectivity index (χ0n) is 34.7. The Hall–Kier alpha value is -6.85. The number of anilines is 1. The molecular weight excluding hydrogens is 789 g/mol. The van der Waals surface area contributed by atoms with Gasteiger partial charge in [0.2, 0.25) is 9.84 Å². The Morgan fingerprint density at radius 1 is 0.492 bits per heavy atom. The Bertz CT molecular complexity index is 2840. The third kappa shape index (κ3) is 7.18. The molecule has 2 heterocycles. The number of carbonyl (C=O) groups is 4. The van der Waals surface area contributed by atoms with Crippen molar-refractivity contribution < 1.29 is 37.1 Å². The van der Waals surface area contributed by atoms with Crippen LogP contribution in [0.5, 0.6) is 23.0 Å². The molecule has 10 nitrogen and oxygen atoms in total. The average molecular weight is 833 g/mol. The molecule has 0 N–H and O–H groups in total. The third-order valence-electron chi connectivity index (χ3n) is 12.1. The number of rotatable bonds is 12. The van der Waals surface area contributed by atoms with Crippen LogP contribution < -0.4 is 14.4 Å².